The van der Waals surface area contributed by atoms with Crippen LogP contribution in [0.25, 0.3) is 0 Å². The zero-order valence-corrected chi connectivity index (χ0v) is 28.6. The minimum absolute atomic E-state index is 0.163. The fourth-order valence-electron chi connectivity index (χ4n) is 6.02. The van der Waals surface area contributed by atoms with Gasteiger partial charge in [0.1, 0.15) is 11.8 Å². The molecule has 0 bridgehead atoms. The first-order valence-corrected chi connectivity index (χ1v) is 18.1. The number of fused-ring (bicyclic) bond motifs is 2. The Kier molecular flexibility index (Phi) is 8.66. The van der Waals surface area contributed by atoms with E-state index in [4.69, 9.17) is 5.14 Å². The highest BCUT2D eigenvalue weighted by Crippen LogP contribution is 2.54. The third kappa shape index (κ3) is 6.45. The topological polar surface area (TPSA) is 149 Å². The SMILES string of the molecule is CC(C)(C)c1ccc([C@H]2c3sc(=O)n(CC(=O)Nc4ccc(S(N)(=O)=O)cc4)c3SC3C(=O)N(c4ccccc4C(F)(F)F)C(=O)C32)cc1. The number of carbonyl (C=O) groups excluding carboxylic acids is 3. The highest BCUT2D eigenvalue weighted by molar-refractivity contribution is 8.00. The number of para-hydroxylation sites is 1. The Morgan fingerprint density at radius 2 is 1.55 bits per heavy atom. The third-order valence-electron chi connectivity index (χ3n) is 8.40. The van der Waals surface area contributed by atoms with Crippen LogP contribution in [0.2, 0.25) is 0 Å². The molecule has 3 aromatic carbocycles. The van der Waals surface area contributed by atoms with Crippen molar-refractivity contribution in [1.29, 1.82) is 0 Å². The summed E-state index contributed by atoms with van der Waals surface area (Å²) in [4.78, 5) is 55.0. The van der Waals surface area contributed by atoms with Gasteiger partial charge in [0.15, 0.2) is 0 Å². The molecule has 3 heterocycles. The first-order chi connectivity index (χ1) is 22.9. The average Bonchev–Trinajstić information content (AvgIpc) is 3.46. The van der Waals surface area contributed by atoms with Gasteiger partial charge in [-0.05, 0) is 52.9 Å². The second-order valence-electron chi connectivity index (χ2n) is 12.7. The molecule has 16 heteroatoms. The molecule has 3 amide bonds. The van der Waals surface area contributed by atoms with E-state index in [9.17, 15) is 40.8 Å². The van der Waals surface area contributed by atoms with E-state index in [0.717, 1.165) is 40.8 Å². The highest BCUT2D eigenvalue weighted by atomic mass is 32.2. The zero-order valence-electron chi connectivity index (χ0n) is 26.1. The summed E-state index contributed by atoms with van der Waals surface area (Å²) < 4.78 is 66.5. The van der Waals surface area contributed by atoms with Crippen molar-refractivity contribution >= 4 is 62.2 Å². The van der Waals surface area contributed by atoms with Gasteiger partial charge in [-0.15, -0.1) is 0 Å². The monoisotopic (exact) mass is 730 g/mol. The number of rotatable bonds is 6. The summed E-state index contributed by atoms with van der Waals surface area (Å²) in [6.07, 6.45) is -4.84. The molecule has 3 N–H and O–H groups in total. The molecule has 4 aromatic rings. The number of carbonyl (C=O) groups is 3. The summed E-state index contributed by atoms with van der Waals surface area (Å²) in [5.74, 6) is -4.33. The van der Waals surface area contributed by atoms with Crippen molar-refractivity contribution in [3.63, 3.8) is 0 Å². The van der Waals surface area contributed by atoms with Gasteiger partial charge in [0.2, 0.25) is 27.7 Å². The average molecular weight is 731 g/mol. The van der Waals surface area contributed by atoms with Crippen LogP contribution < -0.4 is 20.2 Å². The number of alkyl halides is 3. The van der Waals surface area contributed by atoms with E-state index in [1.54, 1.807) is 12.1 Å². The molecule has 1 aromatic heterocycles. The van der Waals surface area contributed by atoms with Crippen LogP contribution in [0, 0.1) is 5.92 Å². The molecular weight excluding hydrogens is 702 g/mol. The van der Waals surface area contributed by atoms with E-state index in [0.29, 0.717) is 15.3 Å². The Hall–Kier alpha value is -4.25. The van der Waals surface area contributed by atoms with Gasteiger partial charge < -0.3 is 5.32 Å². The zero-order chi connectivity index (χ0) is 35.6. The van der Waals surface area contributed by atoms with Crippen LogP contribution in [-0.4, -0.2) is 36.0 Å². The largest absolute Gasteiger partial charge is 0.418 e. The Morgan fingerprint density at radius 1 is 0.918 bits per heavy atom. The van der Waals surface area contributed by atoms with Crippen molar-refractivity contribution in [2.24, 2.45) is 11.1 Å². The number of aromatic nitrogens is 1. The van der Waals surface area contributed by atoms with Gasteiger partial charge >= 0.3 is 11.0 Å². The second-order valence-corrected chi connectivity index (χ2v) is 16.4. The number of thiazole rings is 1. The summed E-state index contributed by atoms with van der Waals surface area (Å²) in [5, 5.41) is 6.79. The number of amides is 3. The summed E-state index contributed by atoms with van der Waals surface area (Å²) in [6.45, 7) is 5.57. The van der Waals surface area contributed by atoms with Gasteiger partial charge in [-0.25, -0.2) is 18.5 Å². The molecule has 3 atom stereocenters. The van der Waals surface area contributed by atoms with E-state index in [2.05, 4.69) is 5.32 Å². The number of nitrogens with two attached hydrogens (primary N) is 1. The lowest BCUT2D eigenvalue weighted by molar-refractivity contribution is -0.137. The molecule has 6 rings (SSSR count). The lowest BCUT2D eigenvalue weighted by Crippen LogP contribution is -2.33. The van der Waals surface area contributed by atoms with Gasteiger partial charge in [-0.3, -0.25) is 23.7 Å². The van der Waals surface area contributed by atoms with Gasteiger partial charge in [0.05, 0.1) is 27.1 Å². The van der Waals surface area contributed by atoms with Crippen molar-refractivity contribution in [3.05, 3.63) is 104 Å². The molecule has 0 aliphatic carbocycles. The van der Waals surface area contributed by atoms with Crippen molar-refractivity contribution in [2.75, 3.05) is 10.2 Å². The van der Waals surface area contributed by atoms with E-state index in [-0.39, 0.29) is 21.0 Å². The van der Waals surface area contributed by atoms with Gasteiger partial charge in [0, 0.05) is 16.5 Å². The standard InChI is InChI=1S/C33H29F3N4O6S3/c1-32(2,3)18-10-8-17(9-11-18)24-25-26(29(43)40(28(25)42)22-7-5-4-6-21(22)33(34,35)36)47-30-27(24)48-31(44)39(30)16-23(41)38-19-12-14-20(15-13-19)49(37,45)46/h4-15,24-26H,16H2,1-3H3,(H,38,41)(H2,37,45,46)/t24-,25?,26?/m1/s1. The maximum atomic E-state index is 14.1. The van der Waals surface area contributed by atoms with E-state index in [1.807, 2.05) is 32.9 Å². The van der Waals surface area contributed by atoms with Crippen molar-refractivity contribution in [3.8, 4) is 0 Å². The molecule has 10 nitrogen and oxygen atoms in total. The van der Waals surface area contributed by atoms with Gasteiger partial charge in [0.25, 0.3) is 0 Å². The van der Waals surface area contributed by atoms with Crippen LogP contribution in [0.4, 0.5) is 24.5 Å². The molecule has 2 aliphatic rings. The molecule has 1 fully saturated rings. The highest BCUT2D eigenvalue weighted by Gasteiger charge is 2.57. The molecule has 2 aliphatic heterocycles. The lowest BCUT2D eigenvalue weighted by atomic mass is 9.81. The van der Waals surface area contributed by atoms with Crippen molar-refractivity contribution in [1.82, 2.24) is 4.57 Å². The number of hydrogen-bond donors (Lipinski definition) is 2. The van der Waals surface area contributed by atoms with Crippen LogP contribution >= 0.6 is 23.1 Å². The second kappa shape index (κ2) is 12.3. The normalized spacial score (nSPS) is 19.5. The minimum atomic E-state index is -4.84. The van der Waals surface area contributed by atoms with Gasteiger partial charge in [-0.2, -0.15) is 13.2 Å². The van der Waals surface area contributed by atoms with Crippen LogP contribution in [0.1, 0.15) is 48.3 Å². The molecule has 49 heavy (non-hydrogen) atoms. The smallest absolute Gasteiger partial charge is 0.325 e. The number of benzene rings is 3. The number of hydrogen-bond acceptors (Lipinski definition) is 8. The number of halogens is 3. The number of sulfonamides is 1. The molecule has 1 saturated heterocycles. The van der Waals surface area contributed by atoms with Crippen LogP contribution in [-0.2, 0) is 42.5 Å². The first kappa shape index (κ1) is 34.6. The summed E-state index contributed by atoms with van der Waals surface area (Å²) in [6, 6.07) is 16.8. The van der Waals surface area contributed by atoms with E-state index in [1.165, 1.54) is 41.0 Å². The minimum Gasteiger partial charge on any atom is -0.325 e. The van der Waals surface area contributed by atoms with Crippen LogP contribution in [0.3, 0.4) is 0 Å². The molecule has 0 saturated carbocycles. The van der Waals surface area contributed by atoms with Crippen molar-refractivity contribution in [2.45, 2.75) is 60.0 Å². The fourth-order valence-corrected chi connectivity index (χ4v) is 9.31. The summed E-state index contributed by atoms with van der Waals surface area (Å²) in [5.41, 5.74) is -0.125. The molecule has 0 radical (unpaired) electrons. The number of imide groups is 1. The predicted molar refractivity (Wildman–Crippen MR) is 179 cm³/mol. The summed E-state index contributed by atoms with van der Waals surface area (Å²) >= 11 is 1.68. The maximum absolute atomic E-state index is 14.1. The molecule has 256 valence electrons. The molecule has 2 unspecified atom stereocenters. The Morgan fingerprint density at radius 3 is 2.14 bits per heavy atom. The Labute approximate surface area is 287 Å². The van der Waals surface area contributed by atoms with E-state index < -0.39 is 73.7 Å². The predicted octanol–water partition coefficient (Wildman–Crippen LogP) is 5.31. The number of anilines is 2. The quantitative estimate of drug-likeness (QED) is 0.256. The molecule has 0 spiro atoms. The maximum Gasteiger partial charge on any atom is 0.418 e. The number of primary sulfonamides is 1. The van der Waals surface area contributed by atoms with Crippen molar-refractivity contribution < 1.29 is 36.0 Å². The first-order valence-electron chi connectivity index (χ1n) is 14.8. The number of nitrogens with one attached hydrogen (secondary N) is 1. The summed E-state index contributed by atoms with van der Waals surface area (Å²) in [7, 11) is -3.96. The third-order valence-corrected chi connectivity index (χ3v) is 11.9. The Balaban J connectivity index is 1.41. The van der Waals surface area contributed by atoms with Gasteiger partial charge in [-0.1, -0.05) is 80.3 Å². The van der Waals surface area contributed by atoms with Crippen LogP contribution in [0.15, 0.2) is 87.5 Å². The number of thioether (sulfide) groups is 1. The lowest BCUT2D eigenvalue weighted by Gasteiger charge is -2.31. The van der Waals surface area contributed by atoms with E-state index >= 15 is 0 Å². The van der Waals surface area contributed by atoms with Crippen LogP contribution in [0.5, 0.6) is 0 Å². The molecular formula is C33H29F3N4O6S3. The number of nitrogens with zero attached hydrogens (tertiary/aromatic N) is 2. The fraction of sp³-hybridized carbons (Fsp3) is 0.273. The Bertz CT molecular complexity index is 2160.